The lowest BCUT2D eigenvalue weighted by Crippen LogP contribution is -2.27. The summed E-state index contributed by atoms with van der Waals surface area (Å²) in [4.78, 5) is 32.2. The second-order valence-electron chi connectivity index (χ2n) is 6.80. The Morgan fingerprint density at radius 1 is 1.25 bits per heavy atom. The maximum atomic E-state index is 12.6. The molecule has 0 bridgehead atoms. The van der Waals surface area contributed by atoms with Gasteiger partial charge in [0.1, 0.15) is 10.4 Å². The standard InChI is InChI=1S/C22H20N4O3S3/c1-29-16-9-5-8-15(12-16)26-19-18(32-22(26)30)20(28)25-21(24-19)31-13-17(27)23-11-10-14-6-3-2-4-7-14/h2-9,12H,10-11,13H2,1H3,(H,23,27)(H,24,25,28). The molecule has 0 unspecified atom stereocenters. The van der Waals surface area contributed by atoms with E-state index in [-0.39, 0.29) is 17.2 Å². The number of aromatic nitrogens is 3. The number of thioether (sulfide) groups is 1. The fraction of sp³-hybridized carbons (Fsp3) is 0.182. The number of nitrogens with zero attached hydrogens (tertiary/aromatic N) is 2. The first-order valence-corrected chi connectivity index (χ1v) is 12.0. The highest BCUT2D eigenvalue weighted by molar-refractivity contribution is 7.99. The number of hydrogen-bond acceptors (Lipinski definition) is 7. The highest BCUT2D eigenvalue weighted by Gasteiger charge is 2.15. The Labute approximate surface area is 197 Å². The molecule has 0 saturated heterocycles. The summed E-state index contributed by atoms with van der Waals surface area (Å²) in [5, 5.41) is 3.26. The van der Waals surface area contributed by atoms with Crippen LogP contribution in [0.2, 0.25) is 0 Å². The van der Waals surface area contributed by atoms with Gasteiger partial charge in [0.25, 0.3) is 5.56 Å². The van der Waals surface area contributed by atoms with Crippen LogP contribution in [0.25, 0.3) is 16.0 Å². The molecule has 32 heavy (non-hydrogen) atoms. The van der Waals surface area contributed by atoms with Crippen LogP contribution in [0.4, 0.5) is 0 Å². The highest BCUT2D eigenvalue weighted by atomic mass is 32.2. The molecule has 0 radical (unpaired) electrons. The molecule has 2 aromatic heterocycles. The Balaban J connectivity index is 1.49. The van der Waals surface area contributed by atoms with E-state index in [1.54, 1.807) is 11.7 Å². The smallest absolute Gasteiger partial charge is 0.271 e. The lowest BCUT2D eigenvalue weighted by Gasteiger charge is -2.08. The summed E-state index contributed by atoms with van der Waals surface area (Å²) in [6.45, 7) is 0.548. The zero-order chi connectivity index (χ0) is 22.5. The molecule has 0 saturated carbocycles. The van der Waals surface area contributed by atoms with Gasteiger partial charge < -0.3 is 15.0 Å². The quantitative estimate of drug-likeness (QED) is 0.224. The second kappa shape index (κ2) is 10.1. The van der Waals surface area contributed by atoms with E-state index in [2.05, 4.69) is 15.3 Å². The van der Waals surface area contributed by atoms with Crippen LogP contribution in [0.3, 0.4) is 0 Å². The average molecular weight is 485 g/mol. The van der Waals surface area contributed by atoms with E-state index in [0.717, 1.165) is 17.7 Å². The molecule has 0 spiro atoms. The predicted molar refractivity (Wildman–Crippen MR) is 131 cm³/mol. The van der Waals surface area contributed by atoms with Gasteiger partial charge in [-0.3, -0.25) is 14.2 Å². The summed E-state index contributed by atoms with van der Waals surface area (Å²) < 4.78 is 7.99. The molecule has 0 aliphatic heterocycles. The van der Waals surface area contributed by atoms with Crippen molar-refractivity contribution in [1.82, 2.24) is 19.9 Å². The lowest BCUT2D eigenvalue weighted by atomic mass is 10.1. The number of H-pyrrole nitrogens is 1. The third-order valence-corrected chi connectivity index (χ3v) is 6.89. The van der Waals surface area contributed by atoms with Crippen LogP contribution in [0.1, 0.15) is 5.56 Å². The summed E-state index contributed by atoms with van der Waals surface area (Å²) >= 11 is 7.87. The largest absolute Gasteiger partial charge is 0.497 e. The maximum absolute atomic E-state index is 12.6. The van der Waals surface area contributed by atoms with Crippen LogP contribution in [0.15, 0.2) is 64.5 Å². The number of hydrogen-bond donors (Lipinski definition) is 2. The van der Waals surface area contributed by atoms with Gasteiger partial charge in [-0.05, 0) is 36.3 Å². The molecule has 2 N–H and O–H groups in total. The molecule has 0 aliphatic carbocycles. The molecule has 4 rings (SSSR count). The van der Waals surface area contributed by atoms with Gasteiger partial charge in [-0.15, -0.1) is 0 Å². The Bertz CT molecular complexity index is 1360. The number of nitrogens with one attached hydrogen (secondary N) is 2. The van der Waals surface area contributed by atoms with Crippen LogP contribution in [0.5, 0.6) is 5.75 Å². The molecule has 164 valence electrons. The summed E-state index contributed by atoms with van der Waals surface area (Å²) in [7, 11) is 1.59. The van der Waals surface area contributed by atoms with Crippen molar-refractivity contribution >= 4 is 51.6 Å². The first-order chi connectivity index (χ1) is 15.5. The molecule has 4 aromatic rings. The fourth-order valence-electron chi connectivity index (χ4n) is 3.11. The summed E-state index contributed by atoms with van der Waals surface area (Å²) in [5.74, 6) is 0.701. The molecule has 10 heteroatoms. The van der Waals surface area contributed by atoms with Crippen molar-refractivity contribution in [2.75, 3.05) is 19.4 Å². The molecule has 2 heterocycles. The first-order valence-electron chi connectivity index (χ1n) is 9.79. The molecule has 1 amide bonds. The van der Waals surface area contributed by atoms with Gasteiger partial charge in [0.05, 0.1) is 18.6 Å². The van der Waals surface area contributed by atoms with E-state index in [1.807, 2.05) is 54.6 Å². The van der Waals surface area contributed by atoms with E-state index in [4.69, 9.17) is 17.0 Å². The Morgan fingerprint density at radius 3 is 2.84 bits per heavy atom. The number of aromatic amines is 1. The lowest BCUT2D eigenvalue weighted by molar-refractivity contribution is -0.118. The molecule has 2 aromatic carbocycles. The van der Waals surface area contributed by atoms with Crippen LogP contribution < -0.4 is 15.6 Å². The number of rotatable bonds is 8. The highest BCUT2D eigenvalue weighted by Crippen LogP contribution is 2.26. The van der Waals surface area contributed by atoms with Gasteiger partial charge >= 0.3 is 0 Å². The van der Waals surface area contributed by atoms with Crippen LogP contribution >= 0.6 is 35.3 Å². The number of carbonyl (C=O) groups is 1. The number of ether oxygens (including phenoxy) is 1. The minimum Gasteiger partial charge on any atom is -0.497 e. The van der Waals surface area contributed by atoms with Crippen molar-refractivity contribution in [3.8, 4) is 11.4 Å². The minimum absolute atomic E-state index is 0.122. The van der Waals surface area contributed by atoms with E-state index in [1.165, 1.54) is 23.1 Å². The van der Waals surface area contributed by atoms with Crippen molar-refractivity contribution in [2.24, 2.45) is 0 Å². The SMILES string of the molecule is COc1cccc(-n2c(=S)sc3c(=O)[nH]c(SCC(=O)NCCc4ccccc4)nc32)c1. The molecule has 7 nitrogen and oxygen atoms in total. The second-order valence-corrected chi connectivity index (χ2v) is 9.41. The zero-order valence-electron chi connectivity index (χ0n) is 17.2. The molecule has 0 fully saturated rings. The van der Waals surface area contributed by atoms with Gasteiger partial charge in [0.2, 0.25) is 5.91 Å². The van der Waals surface area contributed by atoms with Crippen LogP contribution in [0, 0.1) is 3.95 Å². The van der Waals surface area contributed by atoms with Crippen molar-refractivity contribution in [2.45, 2.75) is 11.6 Å². The Hall–Kier alpha value is -2.95. The summed E-state index contributed by atoms with van der Waals surface area (Å²) in [5.41, 5.74) is 2.10. The topological polar surface area (TPSA) is 89.0 Å². The maximum Gasteiger partial charge on any atom is 0.271 e. The number of thiazole rings is 1. The monoisotopic (exact) mass is 484 g/mol. The first kappa shape index (κ1) is 22.3. The average Bonchev–Trinajstić information content (AvgIpc) is 3.15. The minimum atomic E-state index is -0.278. The fourth-order valence-corrected chi connectivity index (χ4v) is 5.07. The van der Waals surface area contributed by atoms with Gasteiger partial charge in [0.15, 0.2) is 14.8 Å². The predicted octanol–water partition coefficient (Wildman–Crippen LogP) is 3.96. The van der Waals surface area contributed by atoms with Crippen molar-refractivity contribution in [3.05, 3.63) is 74.5 Å². The molecule has 0 aliphatic rings. The van der Waals surface area contributed by atoms with Gasteiger partial charge in [-0.25, -0.2) is 4.98 Å². The zero-order valence-corrected chi connectivity index (χ0v) is 19.6. The van der Waals surface area contributed by atoms with E-state index < -0.39 is 0 Å². The number of carbonyl (C=O) groups excluding carboxylic acids is 1. The third kappa shape index (κ3) is 5.09. The Kier molecular flexibility index (Phi) is 7.03. The van der Waals surface area contributed by atoms with Crippen LogP contribution in [-0.2, 0) is 11.2 Å². The van der Waals surface area contributed by atoms with Crippen molar-refractivity contribution in [1.29, 1.82) is 0 Å². The number of fused-ring (bicyclic) bond motifs is 1. The number of amides is 1. The van der Waals surface area contributed by atoms with Crippen molar-refractivity contribution in [3.63, 3.8) is 0 Å². The van der Waals surface area contributed by atoms with E-state index >= 15 is 0 Å². The normalized spacial score (nSPS) is 10.9. The van der Waals surface area contributed by atoms with Gasteiger partial charge in [0, 0.05) is 12.6 Å². The molecular formula is C22H20N4O3S3. The van der Waals surface area contributed by atoms with Crippen LogP contribution in [-0.4, -0.2) is 39.8 Å². The van der Waals surface area contributed by atoms with E-state index in [0.29, 0.717) is 31.8 Å². The molecule has 0 atom stereocenters. The van der Waals surface area contributed by atoms with Gasteiger partial charge in [-0.1, -0.05) is 59.5 Å². The van der Waals surface area contributed by atoms with Crippen molar-refractivity contribution < 1.29 is 9.53 Å². The summed E-state index contributed by atoms with van der Waals surface area (Å²) in [6, 6.07) is 17.3. The Morgan fingerprint density at radius 2 is 2.06 bits per heavy atom. The third-order valence-electron chi connectivity index (χ3n) is 4.65. The number of methoxy groups -OCH3 is 1. The van der Waals surface area contributed by atoms with Gasteiger partial charge in [-0.2, -0.15) is 0 Å². The molecular weight excluding hydrogens is 464 g/mol. The number of benzene rings is 2. The summed E-state index contributed by atoms with van der Waals surface area (Å²) in [6.07, 6.45) is 0.759. The van der Waals surface area contributed by atoms with E-state index in [9.17, 15) is 9.59 Å².